The monoisotopic (exact) mass is 459 g/mol. The number of aromatic nitrogens is 2. The van der Waals surface area contributed by atoms with Crippen molar-refractivity contribution in [1.82, 2.24) is 14.9 Å². The Hall–Kier alpha value is -3.22. The van der Waals surface area contributed by atoms with Crippen LogP contribution in [0.5, 0.6) is 5.75 Å². The molecule has 166 valence electrons. The summed E-state index contributed by atoms with van der Waals surface area (Å²) in [5.41, 5.74) is 2.50. The molecule has 1 aliphatic rings. The van der Waals surface area contributed by atoms with Crippen molar-refractivity contribution in [2.24, 2.45) is 0 Å². The van der Waals surface area contributed by atoms with E-state index < -0.39 is 6.61 Å². The van der Waals surface area contributed by atoms with Crippen molar-refractivity contribution in [1.29, 1.82) is 5.26 Å². The molecule has 7 nitrogen and oxygen atoms in total. The predicted molar refractivity (Wildman–Crippen MR) is 117 cm³/mol. The summed E-state index contributed by atoms with van der Waals surface area (Å²) in [4.78, 5) is 23.1. The normalized spacial score (nSPS) is 14.7. The number of hydrogen-bond donors (Lipinski definition) is 1. The highest BCUT2D eigenvalue weighted by atomic mass is 35.5. The van der Waals surface area contributed by atoms with E-state index >= 15 is 0 Å². The van der Waals surface area contributed by atoms with Crippen LogP contribution in [0.4, 0.5) is 14.5 Å². The molecule has 0 bridgehead atoms. The highest BCUT2D eigenvalue weighted by Gasteiger charge is 2.21. The van der Waals surface area contributed by atoms with E-state index in [1.54, 1.807) is 24.3 Å². The number of halogens is 3. The fourth-order valence-corrected chi connectivity index (χ4v) is 4.12. The Labute approximate surface area is 187 Å². The van der Waals surface area contributed by atoms with Crippen LogP contribution >= 0.6 is 11.6 Å². The third kappa shape index (κ3) is 4.66. The Balaban J connectivity index is 1.51. The highest BCUT2D eigenvalue weighted by molar-refractivity contribution is 6.33. The third-order valence-electron chi connectivity index (χ3n) is 5.40. The van der Waals surface area contributed by atoms with E-state index in [1.807, 2.05) is 6.07 Å². The maximum Gasteiger partial charge on any atom is 0.387 e. The Morgan fingerprint density at radius 3 is 2.66 bits per heavy atom. The van der Waals surface area contributed by atoms with Crippen LogP contribution in [0, 0.1) is 18.3 Å². The number of nitrogens with one attached hydrogen (secondary N) is 1. The molecule has 0 amide bonds. The van der Waals surface area contributed by atoms with Gasteiger partial charge in [0.2, 0.25) is 0 Å². The lowest BCUT2D eigenvalue weighted by Crippen LogP contribution is -2.46. The fourth-order valence-electron chi connectivity index (χ4n) is 3.82. The van der Waals surface area contributed by atoms with Gasteiger partial charge in [0.15, 0.2) is 5.75 Å². The van der Waals surface area contributed by atoms with Gasteiger partial charge in [0, 0.05) is 32.7 Å². The van der Waals surface area contributed by atoms with E-state index in [2.05, 4.69) is 30.6 Å². The summed E-state index contributed by atoms with van der Waals surface area (Å²) in [6, 6.07) is 10.6. The van der Waals surface area contributed by atoms with Gasteiger partial charge in [-0.3, -0.25) is 9.69 Å². The van der Waals surface area contributed by atoms with E-state index in [1.165, 1.54) is 6.92 Å². The molecule has 4 rings (SSSR count). The number of anilines is 1. The van der Waals surface area contributed by atoms with Crippen molar-refractivity contribution in [2.75, 3.05) is 31.1 Å². The van der Waals surface area contributed by atoms with Gasteiger partial charge >= 0.3 is 6.61 Å². The summed E-state index contributed by atoms with van der Waals surface area (Å²) in [7, 11) is 0. The van der Waals surface area contributed by atoms with Crippen LogP contribution in [0.15, 0.2) is 35.1 Å². The standard InChI is InChI=1S/C22H20ClF2N5O2/c1-13-21(31)28-17-9-15(10-19(20(17)27-13)32-22(24)25)12-29-4-6-30(7-5-29)18-3-2-14(11-26)8-16(18)23/h2-3,8-10,22H,4-7,12H2,1H3,(H,28,31). The molecule has 1 N–H and O–H groups in total. The molecular weight excluding hydrogens is 440 g/mol. The average molecular weight is 460 g/mol. The van der Waals surface area contributed by atoms with Crippen molar-refractivity contribution in [3.8, 4) is 11.8 Å². The van der Waals surface area contributed by atoms with Gasteiger partial charge < -0.3 is 14.6 Å². The lowest BCUT2D eigenvalue weighted by Gasteiger charge is -2.36. The molecule has 1 saturated heterocycles. The van der Waals surface area contributed by atoms with Crippen molar-refractivity contribution in [3.63, 3.8) is 0 Å². The van der Waals surface area contributed by atoms with Crippen LogP contribution in [-0.2, 0) is 6.54 Å². The van der Waals surface area contributed by atoms with Crippen molar-refractivity contribution in [3.05, 3.63) is 62.5 Å². The maximum absolute atomic E-state index is 12.9. The average Bonchev–Trinajstić information content (AvgIpc) is 2.75. The smallest absolute Gasteiger partial charge is 0.387 e. The number of aromatic amines is 1. The first-order chi connectivity index (χ1) is 15.3. The summed E-state index contributed by atoms with van der Waals surface area (Å²) in [5.74, 6) is -0.0603. The summed E-state index contributed by atoms with van der Waals surface area (Å²) in [5, 5.41) is 9.53. The first-order valence-electron chi connectivity index (χ1n) is 9.99. The molecule has 0 aliphatic carbocycles. The highest BCUT2D eigenvalue weighted by Crippen LogP contribution is 2.29. The second-order valence-electron chi connectivity index (χ2n) is 7.56. The maximum atomic E-state index is 12.9. The molecule has 1 fully saturated rings. The van der Waals surface area contributed by atoms with Gasteiger partial charge in [-0.15, -0.1) is 0 Å². The number of nitrogens with zero attached hydrogens (tertiary/aromatic N) is 4. The third-order valence-corrected chi connectivity index (χ3v) is 5.71. The Morgan fingerprint density at radius 1 is 1.25 bits per heavy atom. The minimum atomic E-state index is -3.00. The van der Waals surface area contributed by atoms with Crippen molar-refractivity contribution in [2.45, 2.75) is 20.1 Å². The number of piperazine rings is 1. The van der Waals surface area contributed by atoms with E-state index in [9.17, 15) is 13.6 Å². The number of ether oxygens (including phenoxy) is 1. The van der Waals surface area contributed by atoms with Gasteiger partial charge in [0.05, 0.1) is 27.9 Å². The second kappa shape index (κ2) is 9.10. The summed E-state index contributed by atoms with van der Waals surface area (Å²) < 4.78 is 30.6. The van der Waals surface area contributed by atoms with E-state index in [-0.39, 0.29) is 22.5 Å². The molecule has 32 heavy (non-hydrogen) atoms. The molecule has 2 heterocycles. The lowest BCUT2D eigenvalue weighted by atomic mass is 10.1. The van der Waals surface area contributed by atoms with Crippen LogP contribution in [0.3, 0.4) is 0 Å². The van der Waals surface area contributed by atoms with Crippen LogP contribution in [0.2, 0.25) is 5.02 Å². The summed E-state index contributed by atoms with van der Waals surface area (Å²) >= 11 is 6.33. The topological polar surface area (TPSA) is 85.2 Å². The second-order valence-corrected chi connectivity index (χ2v) is 7.97. The zero-order valence-electron chi connectivity index (χ0n) is 17.2. The minimum Gasteiger partial charge on any atom is -0.432 e. The van der Waals surface area contributed by atoms with E-state index in [0.717, 1.165) is 37.4 Å². The molecule has 0 radical (unpaired) electrons. The molecule has 1 aromatic heterocycles. The molecule has 10 heteroatoms. The zero-order chi connectivity index (χ0) is 22.8. The van der Waals surface area contributed by atoms with E-state index in [4.69, 9.17) is 16.9 Å². The molecule has 2 aromatic carbocycles. The number of benzene rings is 2. The fraction of sp³-hybridized carbons (Fsp3) is 0.318. The quantitative estimate of drug-likeness (QED) is 0.626. The zero-order valence-corrected chi connectivity index (χ0v) is 18.0. The van der Waals surface area contributed by atoms with Gasteiger partial charge in [-0.25, -0.2) is 4.98 Å². The van der Waals surface area contributed by atoms with E-state index in [0.29, 0.717) is 22.6 Å². The van der Waals surface area contributed by atoms with Crippen LogP contribution < -0.4 is 15.2 Å². The molecule has 0 atom stereocenters. The molecule has 0 spiro atoms. The minimum absolute atomic E-state index is 0.0603. The number of aryl methyl sites for hydroxylation is 1. The lowest BCUT2D eigenvalue weighted by molar-refractivity contribution is -0.0489. The number of fused-ring (bicyclic) bond motifs is 1. The molecule has 0 saturated carbocycles. The summed E-state index contributed by atoms with van der Waals surface area (Å²) in [6.45, 7) is 1.90. The number of hydrogen-bond acceptors (Lipinski definition) is 6. The summed E-state index contributed by atoms with van der Waals surface area (Å²) in [6.07, 6.45) is 0. The predicted octanol–water partition coefficient (Wildman–Crippen LogP) is 3.68. The molecule has 1 aliphatic heterocycles. The molecule has 3 aromatic rings. The van der Waals surface area contributed by atoms with Crippen molar-refractivity contribution < 1.29 is 13.5 Å². The number of nitriles is 1. The number of H-pyrrole nitrogens is 1. The number of rotatable bonds is 5. The van der Waals surface area contributed by atoms with Gasteiger partial charge in [0.25, 0.3) is 5.56 Å². The Morgan fingerprint density at radius 2 is 2.00 bits per heavy atom. The first-order valence-corrected chi connectivity index (χ1v) is 10.4. The molecule has 0 unspecified atom stereocenters. The SMILES string of the molecule is Cc1nc2c(OC(F)F)cc(CN3CCN(c4ccc(C#N)cc4Cl)CC3)cc2[nH]c1=O. The van der Waals surface area contributed by atoms with Gasteiger partial charge in [-0.2, -0.15) is 14.0 Å². The van der Waals surface area contributed by atoms with Crippen LogP contribution in [0.25, 0.3) is 11.0 Å². The van der Waals surface area contributed by atoms with Gasteiger partial charge in [-0.05, 0) is 42.8 Å². The Kier molecular flexibility index (Phi) is 6.26. The molecular formula is C22H20ClF2N5O2. The number of alkyl halides is 2. The van der Waals surface area contributed by atoms with Crippen LogP contribution in [-0.4, -0.2) is 47.7 Å². The van der Waals surface area contributed by atoms with Crippen molar-refractivity contribution >= 4 is 28.3 Å². The van der Waals surface area contributed by atoms with Crippen LogP contribution in [0.1, 0.15) is 16.8 Å². The van der Waals surface area contributed by atoms with Gasteiger partial charge in [-0.1, -0.05) is 11.6 Å². The largest absolute Gasteiger partial charge is 0.432 e. The van der Waals surface area contributed by atoms with Gasteiger partial charge in [0.1, 0.15) is 11.2 Å². The first kappa shape index (κ1) is 22.0. The Bertz CT molecular complexity index is 1250.